The van der Waals surface area contributed by atoms with E-state index in [0.29, 0.717) is 5.75 Å². The van der Waals surface area contributed by atoms with Crippen LogP contribution >= 0.6 is 11.8 Å². The van der Waals surface area contributed by atoms with Gasteiger partial charge in [0.25, 0.3) is 0 Å². The van der Waals surface area contributed by atoms with Crippen LogP contribution in [0.1, 0.15) is 5.56 Å². The highest BCUT2D eigenvalue weighted by Crippen LogP contribution is 2.38. The molecule has 2 aromatic carbocycles. The third kappa shape index (κ3) is 2.99. The molecule has 0 N–H and O–H groups in total. The minimum Gasteiger partial charge on any atom is -0.493 e. The third-order valence-corrected chi connectivity index (χ3v) is 4.65. The van der Waals surface area contributed by atoms with Crippen LogP contribution in [-0.2, 0) is 0 Å². The molecule has 3 aromatic rings. The van der Waals surface area contributed by atoms with E-state index in [0.717, 1.165) is 33.7 Å². The van der Waals surface area contributed by atoms with Crippen molar-refractivity contribution in [2.45, 2.75) is 11.8 Å². The van der Waals surface area contributed by atoms with E-state index < -0.39 is 0 Å². The molecule has 0 fully saturated rings. The van der Waals surface area contributed by atoms with Crippen LogP contribution in [0.3, 0.4) is 0 Å². The zero-order valence-electron chi connectivity index (χ0n) is 14.1. The fraction of sp³-hybridized carbons (Fsp3) is 0.211. The van der Waals surface area contributed by atoms with Gasteiger partial charge >= 0.3 is 0 Å². The summed E-state index contributed by atoms with van der Waals surface area (Å²) < 4.78 is 16.1. The maximum atomic E-state index is 5.45. The fourth-order valence-electron chi connectivity index (χ4n) is 2.71. The molecule has 0 bridgehead atoms. The van der Waals surface area contributed by atoms with Crippen LogP contribution in [-0.4, -0.2) is 25.6 Å². The van der Waals surface area contributed by atoms with Gasteiger partial charge in [0, 0.05) is 16.0 Å². The van der Waals surface area contributed by atoms with Crippen LogP contribution in [0, 0.1) is 6.92 Å². The quantitative estimate of drug-likeness (QED) is 0.607. The lowest BCUT2D eigenvalue weighted by Crippen LogP contribution is -1.94. The molecular formula is C19H19NO3S. The van der Waals surface area contributed by atoms with Gasteiger partial charge in [0.1, 0.15) is 12.0 Å². The number of rotatable bonds is 5. The Morgan fingerprint density at radius 1 is 1.00 bits per heavy atom. The summed E-state index contributed by atoms with van der Waals surface area (Å²) in [6.07, 6.45) is 3.74. The van der Waals surface area contributed by atoms with Crippen molar-refractivity contribution in [3.05, 3.63) is 48.2 Å². The summed E-state index contributed by atoms with van der Waals surface area (Å²) in [6, 6.07) is 12.3. The zero-order chi connectivity index (χ0) is 17.1. The summed E-state index contributed by atoms with van der Waals surface area (Å²) >= 11 is 1.72. The van der Waals surface area contributed by atoms with E-state index in [4.69, 9.17) is 14.0 Å². The van der Waals surface area contributed by atoms with E-state index in [1.165, 1.54) is 4.90 Å². The Hall–Kier alpha value is -2.40. The van der Waals surface area contributed by atoms with Gasteiger partial charge in [0.05, 0.1) is 14.2 Å². The van der Waals surface area contributed by atoms with E-state index in [-0.39, 0.29) is 0 Å². The highest BCUT2D eigenvalue weighted by molar-refractivity contribution is 7.98. The Kier molecular flexibility index (Phi) is 4.81. The van der Waals surface area contributed by atoms with E-state index in [2.05, 4.69) is 35.7 Å². The second kappa shape index (κ2) is 7.01. The van der Waals surface area contributed by atoms with E-state index in [9.17, 15) is 0 Å². The molecule has 0 aliphatic carbocycles. The molecule has 0 saturated carbocycles. The van der Waals surface area contributed by atoms with E-state index >= 15 is 0 Å². The second-order valence-electron chi connectivity index (χ2n) is 5.33. The number of aryl methyl sites for hydroxylation is 1. The lowest BCUT2D eigenvalue weighted by Gasteiger charge is -2.12. The van der Waals surface area contributed by atoms with Crippen molar-refractivity contribution in [1.82, 2.24) is 5.16 Å². The Morgan fingerprint density at radius 3 is 2.38 bits per heavy atom. The number of aromatic nitrogens is 1. The number of nitrogens with zero attached hydrogens (tertiary/aromatic N) is 1. The summed E-state index contributed by atoms with van der Waals surface area (Å²) in [6.45, 7) is 1.98. The topological polar surface area (TPSA) is 44.5 Å². The largest absolute Gasteiger partial charge is 0.493 e. The minimum atomic E-state index is 0.680. The van der Waals surface area contributed by atoms with Crippen molar-refractivity contribution < 1.29 is 14.0 Å². The van der Waals surface area contributed by atoms with Crippen molar-refractivity contribution >= 4 is 11.8 Å². The number of benzene rings is 2. The first-order valence-electron chi connectivity index (χ1n) is 7.49. The van der Waals surface area contributed by atoms with Gasteiger partial charge in [-0.15, -0.1) is 11.8 Å². The van der Waals surface area contributed by atoms with Gasteiger partial charge in [-0.3, -0.25) is 0 Å². The Bertz CT molecular complexity index is 840. The summed E-state index contributed by atoms with van der Waals surface area (Å²) in [4.78, 5) is 1.22. The molecule has 124 valence electrons. The normalized spacial score (nSPS) is 10.7. The van der Waals surface area contributed by atoms with Gasteiger partial charge in [-0.1, -0.05) is 17.3 Å². The van der Waals surface area contributed by atoms with E-state index in [1.807, 2.05) is 19.1 Å². The smallest absolute Gasteiger partial charge is 0.163 e. The number of hydrogen-bond donors (Lipinski definition) is 0. The maximum Gasteiger partial charge on any atom is 0.163 e. The van der Waals surface area contributed by atoms with Gasteiger partial charge in [-0.25, -0.2) is 0 Å². The van der Waals surface area contributed by atoms with Gasteiger partial charge in [0.15, 0.2) is 11.5 Å². The number of ether oxygens (including phenoxy) is 2. The van der Waals surface area contributed by atoms with Crippen LogP contribution in [0.4, 0.5) is 0 Å². The summed E-state index contributed by atoms with van der Waals surface area (Å²) in [5, 5.41) is 4.20. The summed E-state index contributed by atoms with van der Waals surface area (Å²) in [7, 11) is 3.27. The molecule has 0 spiro atoms. The minimum absolute atomic E-state index is 0.680. The first kappa shape index (κ1) is 16.5. The molecule has 1 heterocycles. The predicted octanol–water partition coefficient (Wildman–Crippen LogP) is 5.06. The standard InChI is InChI=1S/C19H19NO3S/c1-12-9-14(10-17(21-2)19(12)22-3)18-16(11-23-20-18)13-5-7-15(24-4)8-6-13/h5-11H,1-4H3. The van der Waals surface area contributed by atoms with Gasteiger partial charge in [0.2, 0.25) is 0 Å². The molecule has 5 heteroatoms. The summed E-state index contributed by atoms with van der Waals surface area (Å²) in [5.74, 6) is 1.41. The first-order valence-corrected chi connectivity index (χ1v) is 8.72. The fourth-order valence-corrected chi connectivity index (χ4v) is 3.12. The third-order valence-electron chi connectivity index (χ3n) is 3.91. The predicted molar refractivity (Wildman–Crippen MR) is 97.0 cm³/mol. The van der Waals surface area contributed by atoms with Crippen molar-refractivity contribution in [2.75, 3.05) is 20.5 Å². The van der Waals surface area contributed by atoms with Gasteiger partial charge in [-0.2, -0.15) is 0 Å². The number of hydrogen-bond acceptors (Lipinski definition) is 5. The summed E-state index contributed by atoms with van der Waals surface area (Å²) in [5.41, 5.74) is 4.73. The highest BCUT2D eigenvalue weighted by Gasteiger charge is 2.16. The van der Waals surface area contributed by atoms with Crippen LogP contribution in [0.25, 0.3) is 22.4 Å². The molecule has 0 atom stereocenters. The molecule has 0 aliphatic heterocycles. The average Bonchev–Trinajstić information content (AvgIpc) is 3.10. The Morgan fingerprint density at radius 2 is 1.75 bits per heavy atom. The van der Waals surface area contributed by atoms with Crippen molar-refractivity contribution in [1.29, 1.82) is 0 Å². The molecule has 0 radical (unpaired) electrons. The lowest BCUT2D eigenvalue weighted by molar-refractivity contribution is 0.353. The molecule has 24 heavy (non-hydrogen) atoms. The Balaban J connectivity index is 2.08. The SMILES string of the molecule is COc1cc(-c2nocc2-c2ccc(SC)cc2)cc(C)c1OC. The molecule has 4 nitrogen and oxygen atoms in total. The Labute approximate surface area is 145 Å². The molecule has 0 aliphatic rings. The molecule has 3 rings (SSSR count). The molecular weight excluding hydrogens is 322 g/mol. The molecule has 0 amide bonds. The van der Waals surface area contributed by atoms with Crippen molar-refractivity contribution in [2.24, 2.45) is 0 Å². The number of thioether (sulfide) groups is 1. The molecule has 0 unspecified atom stereocenters. The monoisotopic (exact) mass is 341 g/mol. The van der Waals surface area contributed by atoms with Crippen molar-refractivity contribution in [3.63, 3.8) is 0 Å². The molecule has 1 aromatic heterocycles. The average molecular weight is 341 g/mol. The number of methoxy groups -OCH3 is 2. The maximum absolute atomic E-state index is 5.45. The van der Waals surface area contributed by atoms with Gasteiger partial charge in [-0.05, 0) is 48.6 Å². The van der Waals surface area contributed by atoms with Crippen LogP contribution in [0.5, 0.6) is 11.5 Å². The zero-order valence-corrected chi connectivity index (χ0v) is 14.9. The van der Waals surface area contributed by atoms with Crippen molar-refractivity contribution in [3.8, 4) is 33.9 Å². The van der Waals surface area contributed by atoms with Crippen LogP contribution < -0.4 is 9.47 Å². The first-order chi connectivity index (χ1) is 11.7. The molecule has 0 saturated heterocycles. The van der Waals surface area contributed by atoms with Crippen LogP contribution in [0.2, 0.25) is 0 Å². The van der Waals surface area contributed by atoms with Crippen LogP contribution in [0.15, 0.2) is 52.1 Å². The van der Waals surface area contributed by atoms with Gasteiger partial charge < -0.3 is 14.0 Å². The highest BCUT2D eigenvalue weighted by atomic mass is 32.2. The second-order valence-corrected chi connectivity index (χ2v) is 6.21. The van der Waals surface area contributed by atoms with E-state index in [1.54, 1.807) is 32.2 Å². The lowest BCUT2D eigenvalue weighted by atomic mass is 10.00.